The minimum absolute atomic E-state index is 0.00953. The maximum Gasteiger partial charge on any atom is 0.418 e. The average Bonchev–Trinajstić information content (AvgIpc) is 2.81. The molecular formula is C13H11F3INO2. The van der Waals surface area contributed by atoms with Crippen LogP contribution in [0.5, 0.6) is 5.75 Å². The Morgan fingerprint density at radius 1 is 1.25 bits per heavy atom. The molecule has 0 radical (unpaired) electrons. The Morgan fingerprint density at radius 2 is 2.00 bits per heavy atom. The van der Waals surface area contributed by atoms with Gasteiger partial charge in [-0.3, -0.25) is 0 Å². The van der Waals surface area contributed by atoms with Crippen LogP contribution in [0.4, 0.5) is 18.9 Å². The zero-order valence-electron chi connectivity index (χ0n) is 10.4. The van der Waals surface area contributed by atoms with Gasteiger partial charge in [0, 0.05) is 5.69 Å². The van der Waals surface area contributed by atoms with Gasteiger partial charge in [0.05, 0.1) is 19.2 Å². The first kappa shape index (κ1) is 15.0. The standard InChI is InChI=1S/C13H11F3INO2/c1-19-8-2-4-11(10(6-8)13(14,15)16)18-7-9-3-5-12(17)20-9/h2-6,18H,7H2,1H3. The lowest BCUT2D eigenvalue weighted by Gasteiger charge is -2.15. The Morgan fingerprint density at radius 3 is 2.55 bits per heavy atom. The molecule has 0 saturated carbocycles. The summed E-state index contributed by atoms with van der Waals surface area (Å²) in [6.07, 6.45) is -4.45. The zero-order chi connectivity index (χ0) is 14.8. The molecule has 2 aromatic rings. The van der Waals surface area contributed by atoms with Gasteiger partial charge in [0.2, 0.25) is 0 Å². The SMILES string of the molecule is COc1ccc(NCc2ccc(I)o2)c(C(F)(F)F)c1. The highest BCUT2D eigenvalue weighted by molar-refractivity contribution is 14.1. The zero-order valence-corrected chi connectivity index (χ0v) is 12.6. The first-order valence-corrected chi connectivity index (χ1v) is 6.71. The largest absolute Gasteiger partial charge is 0.497 e. The molecule has 0 aliphatic heterocycles. The monoisotopic (exact) mass is 397 g/mol. The first-order valence-electron chi connectivity index (χ1n) is 5.63. The number of halogens is 4. The van der Waals surface area contributed by atoms with E-state index in [1.807, 2.05) is 22.6 Å². The van der Waals surface area contributed by atoms with Gasteiger partial charge >= 0.3 is 6.18 Å². The van der Waals surface area contributed by atoms with E-state index in [0.29, 0.717) is 9.53 Å². The molecule has 20 heavy (non-hydrogen) atoms. The molecule has 1 aromatic carbocycles. The summed E-state index contributed by atoms with van der Waals surface area (Å²) in [5.41, 5.74) is -0.775. The summed E-state index contributed by atoms with van der Waals surface area (Å²) >= 11 is 1.99. The van der Waals surface area contributed by atoms with Gasteiger partial charge in [-0.2, -0.15) is 13.2 Å². The van der Waals surface area contributed by atoms with E-state index < -0.39 is 11.7 Å². The van der Waals surface area contributed by atoms with Crippen LogP contribution in [-0.2, 0) is 12.7 Å². The highest BCUT2D eigenvalue weighted by Gasteiger charge is 2.34. The van der Waals surface area contributed by atoms with Gasteiger partial charge in [-0.1, -0.05) is 0 Å². The van der Waals surface area contributed by atoms with Crippen molar-refractivity contribution >= 4 is 28.3 Å². The second-order valence-corrected chi connectivity index (χ2v) is 5.03. The van der Waals surface area contributed by atoms with E-state index in [-0.39, 0.29) is 18.0 Å². The van der Waals surface area contributed by atoms with E-state index >= 15 is 0 Å². The second kappa shape index (κ2) is 5.94. The van der Waals surface area contributed by atoms with Gasteiger partial charge in [0.25, 0.3) is 0 Å². The molecule has 3 nitrogen and oxygen atoms in total. The summed E-state index contributed by atoms with van der Waals surface area (Å²) in [5.74, 6) is 0.730. The van der Waals surface area contributed by atoms with Crippen molar-refractivity contribution in [1.82, 2.24) is 0 Å². The Labute approximate surface area is 127 Å². The third-order valence-corrected chi connectivity index (χ3v) is 3.19. The van der Waals surface area contributed by atoms with E-state index in [9.17, 15) is 13.2 Å². The van der Waals surface area contributed by atoms with Gasteiger partial charge < -0.3 is 14.5 Å². The van der Waals surface area contributed by atoms with Crippen LogP contribution in [0.2, 0.25) is 0 Å². The van der Waals surface area contributed by atoms with Crippen LogP contribution in [0.1, 0.15) is 11.3 Å². The molecule has 108 valence electrons. The Kier molecular flexibility index (Phi) is 4.46. The maximum absolute atomic E-state index is 13.0. The van der Waals surface area contributed by atoms with Gasteiger partial charge in [0.1, 0.15) is 11.5 Å². The number of furan rings is 1. The molecule has 7 heteroatoms. The quantitative estimate of drug-likeness (QED) is 0.771. The summed E-state index contributed by atoms with van der Waals surface area (Å²) in [6.45, 7) is 0.179. The van der Waals surface area contributed by atoms with Crippen molar-refractivity contribution < 1.29 is 22.3 Å². The van der Waals surface area contributed by atoms with Crippen molar-refractivity contribution in [3.8, 4) is 5.75 Å². The van der Waals surface area contributed by atoms with Crippen molar-refractivity contribution in [3.05, 3.63) is 45.4 Å². The number of rotatable bonds is 4. The topological polar surface area (TPSA) is 34.4 Å². The minimum atomic E-state index is -4.45. The predicted molar refractivity (Wildman–Crippen MR) is 76.7 cm³/mol. The number of hydrogen-bond donors (Lipinski definition) is 1. The molecule has 0 atom stereocenters. The van der Waals surface area contributed by atoms with Crippen molar-refractivity contribution in [3.63, 3.8) is 0 Å². The summed E-state index contributed by atoms with van der Waals surface area (Å²) in [6, 6.07) is 7.25. The smallest absolute Gasteiger partial charge is 0.418 e. The summed E-state index contributed by atoms with van der Waals surface area (Å²) in [7, 11) is 1.33. The van der Waals surface area contributed by atoms with Crippen LogP contribution in [0, 0.1) is 3.77 Å². The Balaban J connectivity index is 2.22. The minimum Gasteiger partial charge on any atom is -0.497 e. The lowest BCUT2D eigenvalue weighted by molar-refractivity contribution is -0.137. The van der Waals surface area contributed by atoms with Gasteiger partial charge in [0.15, 0.2) is 3.77 Å². The van der Waals surface area contributed by atoms with Crippen molar-refractivity contribution in [2.75, 3.05) is 12.4 Å². The highest BCUT2D eigenvalue weighted by atomic mass is 127. The number of anilines is 1. The summed E-state index contributed by atoms with van der Waals surface area (Å²) in [5, 5.41) is 2.73. The lowest BCUT2D eigenvalue weighted by atomic mass is 10.1. The van der Waals surface area contributed by atoms with Crippen molar-refractivity contribution in [2.45, 2.75) is 12.7 Å². The fourth-order valence-electron chi connectivity index (χ4n) is 1.67. The van der Waals surface area contributed by atoms with Crippen LogP contribution in [0.3, 0.4) is 0 Å². The average molecular weight is 397 g/mol. The van der Waals surface area contributed by atoms with E-state index in [1.54, 1.807) is 12.1 Å². The van der Waals surface area contributed by atoms with Gasteiger partial charge in [-0.25, -0.2) is 0 Å². The van der Waals surface area contributed by atoms with Gasteiger partial charge in [-0.15, -0.1) is 0 Å². The molecule has 1 N–H and O–H groups in total. The number of methoxy groups -OCH3 is 1. The van der Waals surface area contributed by atoms with E-state index in [4.69, 9.17) is 9.15 Å². The van der Waals surface area contributed by atoms with Crippen molar-refractivity contribution in [2.24, 2.45) is 0 Å². The molecule has 0 saturated heterocycles. The summed E-state index contributed by atoms with van der Waals surface area (Å²) < 4.78 is 49.7. The molecule has 0 aliphatic rings. The first-order chi connectivity index (χ1) is 9.40. The maximum atomic E-state index is 13.0. The molecular weight excluding hydrogens is 386 g/mol. The van der Waals surface area contributed by atoms with Crippen LogP contribution in [0.25, 0.3) is 0 Å². The van der Waals surface area contributed by atoms with Crippen LogP contribution >= 0.6 is 22.6 Å². The molecule has 2 rings (SSSR count). The molecule has 1 heterocycles. The van der Waals surface area contributed by atoms with E-state index in [1.165, 1.54) is 19.2 Å². The lowest BCUT2D eigenvalue weighted by Crippen LogP contribution is -2.11. The number of alkyl halides is 3. The third-order valence-electron chi connectivity index (χ3n) is 2.61. The van der Waals surface area contributed by atoms with Gasteiger partial charge in [-0.05, 0) is 52.9 Å². The fourth-order valence-corrected chi connectivity index (χ4v) is 2.13. The molecule has 0 amide bonds. The van der Waals surface area contributed by atoms with E-state index in [0.717, 1.165) is 6.07 Å². The normalized spacial score (nSPS) is 11.4. The predicted octanol–water partition coefficient (Wildman–Crippen LogP) is 4.52. The summed E-state index contributed by atoms with van der Waals surface area (Å²) in [4.78, 5) is 0. The van der Waals surface area contributed by atoms with Crippen molar-refractivity contribution in [1.29, 1.82) is 0 Å². The highest BCUT2D eigenvalue weighted by Crippen LogP contribution is 2.37. The molecule has 0 spiro atoms. The Bertz CT molecular complexity index is 596. The van der Waals surface area contributed by atoms with Crippen LogP contribution in [0.15, 0.2) is 34.7 Å². The third kappa shape index (κ3) is 3.59. The molecule has 0 unspecified atom stereocenters. The number of hydrogen-bond acceptors (Lipinski definition) is 3. The Hall–Kier alpha value is -1.38. The number of benzene rings is 1. The number of nitrogens with one attached hydrogen (secondary N) is 1. The molecule has 0 aliphatic carbocycles. The number of ether oxygens (including phenoxy) is 1. The second-order valence-electron chi connectivity index (χ2n) is 3.97. The molecule has 0 bridgehead atoms. The van der Waals surface area contributed by atoms with Crippen LogP contribution in [-0.4, -0.2) is 7.11 Å². The molecule has 1 aromatic heterocycles. The van der Waals surface area contributed by atoms with Crippen LogP contribution < -0.4 is 10.1 Å². The fraction of sp³-hybridized carbons (Fsp3) is 0.231. The molecule has 0 fully saturated rings. The van der Waals surface area contributed by atoms with E-state index in [2.05, 4.69) is 5.32 Å².